The predicted molar refractivity (Wildman–Crippen MR) is 78.7 cm³/mol. The molecule has 0 unspecified atom stereocenters. The Morgan fingerprint density at radius 3 is 2.53 bits per heavy atom. The van der Waals surface area contributed by atoms with Gasteiger partial charge in [0.15, 0.2) is 0 Å². The number of carboxylic acids is 1. The van der Waals surface area contributed by atoms with Gasteiger partial charge < -0.3 is 10.0 Å². The molecule has 2 rings (SSSR count). The molecule has 1 aromatic carbocycles. The number of hydrogen-bond donors (Lipinski definition) is 1. The first kappa shape index (κ1) is 14.4. The summed E-state index contributed by atoms with van der Waals surface area (Å²) < 4.78 is 0. The summed E-state index contributed by atoms with van der Waals surface area (Å²) in [5.41, 5.74) is 1.29. The maximum absolute atomic E-state index is 10.9. The van der Waals surface area contributed by atoms with Crippen molar-refractivity contribution in [2.45, 2.75) is 24.7 Å². The van der Waals surface area contributed by atoms with Gasteiger partial charge in [-0.1, -0.05) is 17.7 Å². The number of thioether (sulfide) groups is 1. The van der Waals surface area contributed by atoms with Gasteiger partial charge in [-0.25, -0.2) is 0 Å². The number of hydrogen-bond acceptors (Lipinski definition) is 3. The van der Waals surface area contributed by atoms with Gasteiger partial charge in [0.2, 0.25) is 0 Å². The molecule has 1 aliphatic rings. The number of piperidine rings is 1. The van der Waals surface area contributed by atoms with Crippen LogP contribution in [0.15, 0.2) is 29.2 Å². The van der Waals surface area contributed by atoms with E-state index in [0.717, 1.165) is 38.2 Å². The molecule has 104 valence electrons. The molecular formula is C15H21NO2S. The van der Waals surface area contributed by atoms with Crippen molar-refractivity contribution < 1.29 is 9.90 Å². The first-order chi connectivity index (χ1) is 9.15. The predicted octanol–water partition coefficient (Wildman–Crippen LogP) is 2.88. The Hall–Kier alpha value is -1.00. The van der Waals surface area contributed by atoms with Crippen LogP contribution in [0.4, 0.5) is 0 Å². The highest BCUT2D eigenvalue weighted by molar-refractivity contribution is 7.99. The maximum atomic E-state index is 10.9. The van der Waals surface area contributed by atoms with Gasteiger partial charge in [0.25, 0.3) is 0 Å². The molecule has 1 fully saturated rings. The summed E-state index contributed by atoms with van der Waals surface area (Å²) in [4.78, 5) is 14.6. The van der Waals surface area contributed by atoms with Crippen molar-refractivity contribution in [2.24, 2.45) is 5.92 Å². The third kappa shape index (κ3) is 4.55. The van der Waals surface area contributed by atoms with Gasteiger partial charge in [-0.05, 0) is 45.0 Å². The third-order valence-corrected chi connectivity index (χ3v) is 4.63. The molecule has 1 heterocycles. The molecule has 1 saturated heterocycles. The van der Waals surface area contributed by atoms with E-state index in [9.17, 15) is 4.79 Å². The van der Waals surface area contributed by atoms with Crippen LogP contribution < -0.4 is 0 Å². The summed E-state index contributed by atoms with van der Waals surface area (Å²) >= 11 is 1.87. The van der Waals surface area contributed by atoms with Crippen molar-refractivity contribution in [3.63, 3.8) is 0 Å². The Bertz CT molecular complexity index is 411. The smallest absolute Gasteiger partial charge is 0.306 e. The van der Waals surface area contributed by atoms with E-state index in [2.05, 4.69) is 36.1 Å². The number of carbonyl (C=O) groups is 1. The molecule has 4 heteroatoms. The molecule has 0 spiro atoms. The number of nitrogens with zero attached hydrogens (tertiary/aromatic N) is 1. The molecule has 0 saturated carbocycles. The van der Waals surface area contributed by atoms with Crippen LogP contribution >= 0.6 is 11.8 Å². The lowest BCUT2D eigenvalue weighted by atomic mass is 9.97. The van der Waals surface area contributed by atoms with Crippen molar-refractivity contribution in [2.75, 3.05) is 25.4 Å². The molecule has 1 aliphatic heterocycles. The van der Waals surface area contributed by atoms with Gasteiger partial charge >= 0.3 is 5.97 Å². The first-order valence-electron chi connectivity index (χ1n) is 6.80. The van der Waals surface area contributed by atoms with E-state index < -0.39 is 5.97 Å². The minimum absolute atomic E-state index is 0.124. The van der Waals surface area contributed by atoms with Crippen LogP contribution in [-0.4, -0.2) is 41.4 Å². The van der Waals surface area contributed by atoms with Crippen LogP contribution in [0.2, 0.25) is 0 Å². The van der Waals surface area contributed by atoms with E-state index in [-0.39, 0.29) is 5.92 Å². The average molecular weight is 279 g/mol. The van der Waals surface area contributed by atoms with E-state index in [4.69, 9.17) is 5.11 Å². The van der Waals surface area contributed by atoms with Gasteiger partial charge in [0, 0.05) is 17.2 Å². The van der Waals surface area contributed by atoms with E-state index in [1.165, 1.54) is 10.5 Å². The van der Waals surface area contributed by atoms with Gasteiger partial charge in [0.1, 0.15) is 0 Å². The summed E-state index contributed by atoms with van der Waals surface area (Å²) in [6.45, 7) is 4.99. The fraction of sp³-hybridized carbons (Fsp3) is 0.533. The second-order valence-electron chi connectivity index (χ2n) is 5.12. The largest absolute Gasteiger partial charge is 0.481 e. The normalized spacial score (nSPS) is 17.5. The Morgan fingerprint density at radius 2 is 1.95 bits per heavy atom. The van der Waals surface area contributed by atoms with Crippen molar-refractivity contribution in [3.8, 4) is 0 Å². The van der Waals surface area contributed by atoms with Gasteiger partial charge in [0.05, 0.1) is 5.92 Å². The zero-order valence-corrected chi connectivity index (χ0v) is 12.2. The van der Waals surface area contributed by atoms with E-state index in [1.807, 2.05) is 11.8 Å². The van der Waals surface area contributed by atoms with Crippen LogP contribution in [0.5, 0.6) is 0 Å². The quantitative estimate of drug-likeness (QED) is 0.841. The van der Waals surface area contributed by atoms with Crippen molar-refractivity contribution in [1.82, 2.24) is 4.90 Å². The SMILES string of the molecule is Cc1ccc(SCCN2CCC(C(=O)O)CC2)cc1. The van der Waals surface area contributed by atoms with Crippen molar-refractivity contribution in [1.29, 1.82) is 0 Å². The zero-order chi connectivity index (χ0) is 13.7. The molecule has 1 aromatic rings. The second kappa shape index (κ2) is 6.96. The summed E-state index contributed by atoms with van der Waals surface area (Å²) in [5, 5.41) is 8.95. The van der Waals surface area contributed by atoms with E-state index in [0.29, 0.717) is 0 Å². The number of aliphatic carboxylic acids is 1. The maximum Gasteiger partial charge on any atom is 0.306 e. The molecule has 19 heavy (non-hydrogen) atoms. The third-order valence-electron chi connectivity index (χ3n) is 3.63. The fourth-order valence-corrected chi connectivity index (χ4v) is 3.24. The first-order valence-corrected chi connectivity index (χ1v) is 7.78. The molecule has 0 atom stereocenters. The minimum atomic E-state index is -0.631. The fourth-order valence-electron chi connectivity index (χ4n) is 2.33. The summed E-state index contributed by atoms with van der Waals surface area (Å²) in [6, 6.07) is 8.61. The Labute approximate surface area is 119 Å². The number of likely N-dealkylation sites (tertiary alicyclic amines) is 1. The lowest BCUT2D eigenvalue weighted by molar-refractivity contribution is -0.143. The van der Waals surface area contributed by atoms with Crippen LogP contribution in [-0.2, 0) is 4.79 Å². The molecule has 1 N–H and O–H groups in total. The van der Waals surface area contributed by atoms with Gasteiger partial charge in [-0.15, -0.1) is 11.8 Å². The molecule has 3 nitrogen and oxygen atoms in total. The highest BCUT2D eigenvalue weighted by Gasteiger charge is 2.23. The Kier molecular flexibility index (Phi) is 5.28. The minimum Gasteiger partial charge on any atom is -0.481 e. The number of rotatable bonds is 5. The number of aryl methyl sites for hydroxylation is 1. The van der Waals surface area contributed by atoms with Crippen molar-refractivity contribution in [3.05, 3.63) is 29.8 Å². The van der Waals surface area contributed by atoms with E-state index in [1.54, 1.807) is 0 Å². The van der Waals surface area contributed by atoms with Gasteiger partial charge in [-0.2, -0.15) is 0 Å². The van der Waals surface area contributed by atoms with Crippen LogP contribution in [0.3, 0.4) is 0 Å². The molecular weight excluding hydrogens is 258 g/mol. The summed E-state index contributed by atoms with van der Waals surface area (Å²) in [7, 11) is 0. The van der Waals surface area contributed by atoms with Crippen LogP contribution in [0, 0.1) is 12.8 Å². The Morgan fingerprint density at radius 1 is 1.32 bits per heavy atom. The molecule has 0 bridgehead atoms. The Balaban J connectivity index is 1.67. The van der Waals surface area contributed by atoms with Crippen LogP contribution in [0.25, 0.3) is 0 Å². The van der Waals surface area contributed by atoms with Gasteiger partial charge in [-0.3, -0.25) is 4.79 Å². The standard InChI is InChI=1S/C15H21NO2S/c1-12-2-4-14(5-3-12)19-11-10-16-8-6-13(7-9-16)15(17)18/h2-5,13H,6-11H2,1H3,(H,17,18). The monoisotopic (exact) mass is 279 g/mol. The van der Waals surface area contributed by atoms with Crippen LogP contribution in [0.1, 0.15) is 18.4 Å². The average Bonchev–Trinajstić information content (AvgIpc) is 2.41. The zero-order valence-electron chi connectivity index (χ0n) is 11.3. The molecule has 0 aliphatic carbocycles. The van der Waals surface area contributed by atoms with Crippen molar-refractivity contribution >= 4 is 17.7 Å². The summed E-state index contributed by atoms with van der Waals surface area (Å²) in [5.74, 6) is 0.315. The second-order valence-corrected chi connectivity index (χ2v) is 6.28. The molecule has 0 aromatic heterocycles. The summed E-state index contributed by atoms with van der Waals surface area (Å²) in [6.07, 6.45) is 1.59. The highest BCUT2D eigenvalue weighted by Crippen LogP contribution is 2.21. The number of carboxylic acid groups (broad SMARTS) is 1. The molecule has 0 amide bonds. The highest BCUT2D eigenvalue weighted by atomic mass is 32.2. The number of benzene rings is 1. The molecule has 0 radical (unpaired) electrons. The topological polar surface area (TPSA) is 40.5 Å². The van der Waals surface area contributed by atoms with E-state index >= 15 is 0 Å². The lowest BCUT2D eigenvalue weighted by Crippen LogP contribution is -2.37. The lowest BCUT2D eigenvalue weighted by Gasteiger charge is -2.29.